The van der Waals surface area contributed by atoms with E-state index >= 15 is 0 Å². The van der Waals surface area contributed by atoms with Crippen LogP contribution in [0.1, 0.15) is 17.5 Å². The van der Waals surface area contributed by atoms with E-state index in [2.05, 4.69) is 47.4 Å². The summed E-state index contributed by atoms with van der Waals surface area (Å²) in [6.45, 7) is 3.11. The second kappa shape index (κ2) is 7.62. The van der Waals surface area contributed by atoms with Gasteiger partial charge in [0.05, 0.1) is 7.11 Å². The first-order valence-electron chi connectivity index (χ1n) is 8.37. The maximum Gasteiger partial charge on any atom is 0.118 e. The van der Waals surface area contributed by atoms with Crippen LogP contribution in [-0.4, -0.2) is 31.1 Å². The normalized spacial score (nSPS) is 22.0. The van der Waals surface area contributed by atoms with Gasteiger partial charge in [-0.1, -0.05) is 42.5 Å². The van der Waals surface area contributed by atoms with Crippen LogP contribution in [0.3, 0.4) is 0 Å². The molecule has 3 rings (SSSR count). The number of hydrogen-bond donors (Lipinski definition) is 1. The fraction of sp³-hybridized carbons (Fsp3) is 0.400. The first-order chi connectivity index (χ1) is 11.2. The van der Waals surface area contributed by atoms with Gasteiger partial charge in [0.25, 0.3) is 0 Å². The fourth-order valence-corrected chi connectivity index (χ4v) is 3.56. The van der Waals surface area contributed by atoms with Crippen molar-refractivity contribution < 1.29 is 4.74 Å². The van der Waals surface area contributed by atoms with E-state index in [1.54, 1.807) is 7.11 Å². The number of nitrogens with two attached hydrogens (primary N) is 1. The second-order valence-corrected chi connectivity index (χ2v) is 6.59. The SMILES string of the molecule is COc1ccc(CC2CC(N)CN(Cc3ccccc3)C2)cc1. The number of ether oxygens (including phenoxy) is 1. The van der Waals surface area contributed by atoms with Gasteiger partial charge in [-0.05, 0) is 42.0 Å². The lowest BCUT2D eigenvalue weighted by Crippen LogP contribution is -2.47. The summed E-state index contributed by atoms with van der Waals surface area (Å²) in [4.78, 5) is 2.50. The molecule has 2 aromatic rings. The molecule has 0 bridgehead atoms. The molecule has 1 fully saturated rings. The molecular weight excluding hydrogens is 284 g/mol. The lowest BCUT2D eigenvalue weighted by Gasteiger charge is -2.36. The Kier molecular flexibility index (Phi) is 5.31. The second-order valence-electron chi connectivity index (χ2n) is 6.59. The third kappa shape index (κ3) is 4.57. The van der Waals surface area contributed by atoms with Gasteiger partial charge in [-0.15, -0.1) is 0 Å². The van der Waals surface area contributed by atoms with E-state index in [4.69, 9.17) is 10.5 Å². The predicted molar refractivity (Wildman–Crippen MR) is 94.5 cm³/mol. The molecule has 2 N–H and O–H groups in total. The number of hydrogen-bond acceptors (Lipinski definition) is 3. The average molecular weight is 310 g/mol. The number of benzene rings is 2. The van der Waals surface area contributed by atoms with Crippen LogP contribution >= 0.6 is 0 Å². The van der Waals surface area contributed by atoms with Crippen LogP contribution in [0, 0.1) is 5.92 Å². The molecule has 2 atom stereocenters. The van der Waals surface area contributed by atoms with Gasteiger partial charge in [-0.2, -0.15) is 0 Å². The van der Waals surface area contributed by atoms with Gasteiger partial charge in [-0.25, -0.2) is 0 Å². The van der Waals surface area contributed by atoms with Gasteiger partial charge in [0.15, 0.2) is 0 Å². The lowest BCUT2D eigenvalue weighted by molar-refractivity contribution is 0.149. The average Bonchev–Trinajstić information content (AvgIpc) is 2.56. The Labute approximate surface area is 139 Å². The molecule has 3 nitrogen and oxygen atoms in total. The molecule has 1 saturated heterocycles. The van der Waals surface area contributed by atoms with Crippen molar-refractivity contribution in [1.82, 2.24) is 4.90 Å². The quantitative estimate of drug-likeness (QED) is 0.922. The van der Waals surface area contributed by atoms with Gasteiger partial charge in [-0.3, -0.25) is 4.90 Å². The van der Waals surface area contributed by atoms with E-state index in [-0.39, 0.29) is 6.04 Å². The Morgan fingerprint density at radius 2 is 1.74 bits per heavy atom. The minimum absolute atomic E-state index is 0.274. The van der Waals surface area contributed by atoms with E-state index in [0.717, 1.165) is 38.2 Å². The minimum atomic E-state index is 0.274. The summed E-state index contributed by atoms with van der Waals surface area (Å²) >= 11 is 0. The van der Waals surface area contributed by atoms with Crippen LogP contribution in [0.4, 0.5) is 0 Å². The maximum atomic E-state index is 6.31. The van der Waals surface area contributed by atoms with Gasteiger partial charge in [0.2, 0.25) is 0 Å². The molecule has 1 heterocycles. The molecule has 2 aromatic carbocycles. The first kappa shape index (κ1) is 16.0. The highest BCUT2D eigenvalue weighted by Crippen LogP contribution is 2.23. The molecule has 0 radical (unpaired) electrons. The van der Waals surface area contributed by atoms with Gasteiger partial charge >= 0.3 is 0 Å². The van der Waals surface area contributed by atoms with Gasteiger partial charge in [0, 0.05) is 25.7 Å². The zero-order valence-corrected chi connectivity index (χ0v) is 13.8. The van der Waals surface area contributed by atoms with Crippen LogP contribution in [0.2, 0.25) is 0 Å². The van der Waals surface area contributed by atoms with Crippen molar-refractivity contribution in [2.24, 2.45) is 11.7 Å². The Balaban J connectivity index is 1.60. The summed E-state index contributed by atoms with van der Waals surface area (Å²) in [5.41, 5.74) is 9.04. The fourth-order valence-electron chi connectivity index (χ4n) is 3.56. The number of likely N-dealkylation sites (tertiary alicyclic amines) is 1. The molecule has 0 aliphatic carbocycles. The molecule has 0 aromatic heterocycles. The third-order valence-corrected chi connectivity index (χ3v) is 4.58. The number of methoxy groups -OCH3 is 1. The Bertz CT molecular complexity index is 597. The van der Waals surface area contributed by atoms with Crippen molar-refractivity contribution in [3.8, 4) is 5.75 Å². The van der Waals surface area contributed by atoms with Crippen LogP contribution in [0.15, 0.2) is 54.6 Å². The van der Waals surface area contributed by atoms with Crippen LogP contribution in [-0.2, 0) is 13.0 Å². The van der Waals surface area contributed by atoms with Crippen molar-refractivity contribution in [1.29, 1.82) is 0 Å². The van der Waals surface area contributed by atoms with Crippen molar-refractivity contribution in [3.63, 3.8) is 0 Å². The number of rotatable bonds is 5. The lowest BCUT2D eigenvalue weighted by atomic mass is 9.89. The van der Waals surface area contributed by atoms with Crippen LogP contribution < -0.4 is 10.5 Å². The van der Waals surface area contributed by atoms with E-state index in [0.29, 0.717) is 5.92 Å². The monoisotopic (exact) mass is 310 g/mol. The molecule has 3 heteroatoms. The van der Waals surface area contributed by atoms with E-state index in [9.17, 15) is 0 Å². The maximum absolute atomic E-state index is 6.31. The van der Waals surface area contributed by atoms with E-state index < -0.39 is 0 Å². The van der Waals surface area contributed by atoms with Crippen LogP contribution in [0.5, 0.6) is 5.75 Å². The largest absolute Gasteiger partial charge is 0.497 e. The van der Waals surface area contributed by atoms with Crippen molar-refractivity contribution in [2.75, 3.05) is 20.2 Å². The van der Waals surface area contributed by atoms with Crippen molar-refractivity contribution >= 4 is 0 Å². The summed E-state index contributed by atoms with van der Waals surface area (Å²) in [7, 11) is 1.70. The molecular formula is C20H26N2O. The molecule has 2 unspecified atom stereocenters. The summed E-state index contributed by atoms with van der Waals surface area (Å²) in [5, 5.41) is 0. The molecule has 0 spiro atoms. The molecule has 122 valence electrons. The molecule has 23 heavy (non-hydrogen) atoms. The molecule has 1 aliphatic heterocycles. The predicted octanol–water partition coefficient (Wildman–Crippen LogP) is 3.09. The highest BCUT2D eigenvalue weighted by Gasteiger charge is 2.25. The standard InChI is InChI=1S/C20H26N2O/c1-23-20-9-7-16(8-10-20)11-18-12-19(21)15-22(14-18)13-17-5-3-2-4-6-17/h2-10,18-19H,11-15,21H2,1H3. The highest BCUT2D eigenvalue weighted by atomic mass is 16.5. The van der Waals surface area contributed by atoms with Crippen LogP contribution in [0.25, 0.3) is 0 Å². The first-order valence-corrected chi connectivity index (χ1v) is 8.37. The van der Waals surface area contributed by atoms with Crippen molar-refractivity contribution in [2.45, 2.75) is 25.4 Å². The minimum Gasteiger partial charge on any atom is -0.497 e. The molecule has 0 saturated carbocycles. The smallest absolute Gasteiger partial charge is 0.118 e. The Hall–Kier alpha value is -1.84. The highest BCUT2D eigenvalue weighted by molar-refractivity contribution is 5.27. The van der Waals surface area contributed by atoms with Gasteiger partial charge < -0.3 is 10.5 Å². The van der Waals surface area contributed by atoms with Gasteiger partial charge in [0.1, 0.15) is 5.75 Å². The topological polar surface area (TPSA) is 38.5 Å². The summed E-state index contributed by atoms with van der Waals surface area (Å²) in [5.74, 6) is 1.54. The molecule has 0 amide bonds. The molecule has 1 aliphatic rings. The summed E-state index contributed by atoms with van der Waals surface area (Å²) in [6.07, 6.45) is 2.19. The number of piperidine rings is 1. The Morgan fingerprint density at radius 1 is 1.00 bits per heavy atom. The zero-order valence-electron chi connectivity index (χ0n) is 13.8. The third-order valence-electron chi connectivity index (χ3n) is 4.58. The Morgan fingerprint density at radius 3 is 2.43 bits per heavy atom. The number of nitrogens with zero attached hydrogens (tertiary/aromatic N) is 1. The van der Waals surface area contributed by atoms with E-state index in [1.807, 2.05) is 12.1 Å². The van der Waals surface area contributed by atoms with Crippen molar-refractivity contribution in [3.05, 3.63) is 65.7 Å². The summed E-state index contributed by atoms with van der Waals surface area (Å²) in [6, 6.07) is 19.4. The zero-order chi connectivity index (χ0) is 16.1. The van der Waals surface area contributed by atoms with E-state index in [1.165, 1.54) is 11.1 Å². The summed E-state index contributed by atoms with van der Waals surface area (Å²) < 4.78 is 5.23.